The Morgan fingerprint density at radius 2 is 1.87 bits per heavy atom. The summed E-state index contributed by atoms with van der Waals surface area (Å²) in [5.74, 6) is 0.172. The van der Waals surface area contributed by atoms with Gasteiger partial charge in [0.1, 0.15) is 5.78 Å². The average molecular weight is 245 g/mol. The van der Waals surface area contributed by atoms with Crippen molar-refractivity contribution in [2.45, 2.75) is 32.6 Å². The molecule has 82 valence electrons. The molecule has 0 bridgehead atoms. The lowest BCUT2D eigenvalue weighted by molar-refractivity contribution is -0.118. The molecule has 0 aliphatic heterocycles. The summed E-state index contributed by atoms with van der Waals surface area (Å²) < 4.78 is 0. The number of carbonyl (C=O) groups excluding carboxylic acids is 1. The maximum Gasteiger partial charge on any atom is 0.130 e. The molecule has 3 heteroatoms. The Morgan fingerprint density at radius 1 is 1.27 bits per heavy atom. The van der Waals surface area contributed by atoms with Gasteiger partial charge in [-0.15, -0.1) is 0 Å². The van der Waals surface area contributed by atoms with Crippen LogP contribution in [-0.2, 0) is 10.2 Å². The van der Waals surface area contributed by atoms with Gasteiger partial charge in [0, 0.05) is 6.42 Å². The summed E-state index contributed by atoms with van der Waals surface area (Å²) in [6.45, 7) is 5.64. The van der Waals surface area contributed by atoms with Crippen LogP contribution in [0, 0.1) is 0 Å². The highest BCUT2D eigenvalue weighted by Gasteiger charge is 2.23. The lowest BCUT2D eigenvalue weighted by Gasteiger charge is -2.24. The smallest absolute Gasteiger partial charge is 0.130 e. The Kier molecular flexibility index (Phi) is 3.80. The van der Waals surface area contributed by atoms with Crippen molar-refractivity contribution in [2.75, 3.05) is 0 Å². The first kappa shape index (κ1) is 12.5. The Bertz CT molecular complexity index is 383. The lowest BCUT2D eigenvalue weighted by atomic mass is 9.80. The molecule has 0 aliphatic rings. The highest BCUT2D eigenvalue weighted by atomic mass is 35.5. The first-order valence-electron chi connectivity index (χ1n) is 4.78. The van der Waals surface area contributed by atoms with E-state index in [0.717, 1.165) is 5.56 Å². The van der Waals surface area contributed by atoms with Gasteiger partial charge in [0.25, 0.3) is 0 Å². The van der Waals surface area contributed by atoms with Crippen molar-refractivity contribution in [3.63, 3.8) is 0 Å². The largest absolute Gasteiger partial charge is 0.300 e. The molecular formula is C12H14Cl2O. The summed E-state index contributed by atoms with van der Waals surface area (Å²) in [6, 6.07) is 5.51. The van der Waals surface area contributed by atoms with Crippen molar-refractivity contribution in [3.05, 3.63) is 33.8 Å². The number of hydrogen-bond donors (Lipinski definition) is 0. The maximum atomic E-state index is 11.1. The fraction of sp³-hybridized carbons (Fsp3) is 0.417. The second-order valence-corrected chi connectivity index (χ2v) is 5.21. The van der Waals surface area contributed by atoms with Crippen LogP contribution in [0.15, 0.2) is 18.2 Å². The van der Waals surface area contributed by atoms with Crippen molar-refractivity contribution < 1.29 is 4.79 Å². The Balaban J connectivity index is 3.04. The molecule has 0 saturated carbocycles. The molecule has 0 unspecified atom stereocenters. The van der Waals surface area contributed by atoms with Gasteiger partial charge in [-0.1, -0.05) is 43.1 Å². The summed E-state index contributed by atoms with van der Waals surface area (Å²) in [7, 11) is 0. The van der Waals surface area contributed by atoms with Crippen LogP contribution in [0.3, 0.4) is 0 Å². The van der Waals surface area contributed by atoms with E-state index in [1.165, 1.54) is 0 Å². The monoisotopic (exact) mass is 244 g/mol. The van der Waals surface area contributed by atoms with Gasteiger partial charge >= 0.3 is 0 Å². The molecule has 0 amide bonds. The van der Waals surface area contributed by atoms with Crippen LogP contribution in [0.1, 0.15) is 32.8 Å². The first-order valence-corrected chi connectivity index (χ1v) is 5.53. The normalized spacial score (nSPS) is 11.5. The van der Waals surface area contributed by atoms with Gasteiger partial charge in [0.05, 0.1) is 10.0 Å². The van der Waals surface area contributed by atoms with Crippen molar-refractivity contribution in [1.29, 1.82) is 0 Å². The van der Waals surface area contributed by atoms with E-state index in [4.69, 9.17) is 23.2 Å². The van der Waals surface area contributed by atoms with Crippen LogP contribution in [0.5, 0.6) is 0 Å². The standard InChI is InChI=1S/C12H14Cl2O/c1-8(15)7-12(2,3)9-4-5-10(13)11(14)6-9/h4-6H,7H2,1-3H3. The molecule has 0 spiro atoms. The fourth-order valence-electron chi connectivity index (χ4n) is 1.64. The summed E-state index contributed by atoms with van der Waals surface area (Å²) >= 11 is 11.8. The van der Waals surface area contributed by atoms with Gasteiger partial charge in [0.2, 0.25) is 0 Å². The van der Waals surface area contributed by atoms with Gasteiger partial charge in [-0.2, -0.15) is 0 Å². The van der Waals surface area contributed by atoms with Crippen molar-refractivity contribution >= 4 is 29.0 Å². The maximum absolute atomic E-state index is 11.1. The molecule has 0 saturated heterocycles. The van der Waals surface area contributed by atoms with E-state index in [2.05, 4.69) is 0 Å². The van der Waals surface area contributed by atoms with E-state index in [0.29, 0.717) is 16.5 Å². The lowest BCUT2D eigenvalue weighted by Crippen LogP contribution is -2.20. The van der Waals surface area contributed by atoms with E-state index >= 15 is 0 Å². The van der Waals surface area contributed by atoms with Gasteiger partial charge in [-0.25, -0.2) is 0 Å². The van der Waals surface area contributed by atoms with E-state index < -0.39 is 0 Å². The molecule has 1 aromatic rings. The van der Waals surface area contributed by atoms with Crippen LogP contribution in [0.2, 0.25) is 10.0 Å². The van der Waals surface area contributed by atoms with Crippen LogP contribution in [0.4, 0.5) is 0 Å². The number of ketones is 1. The molecule has 0 atom stereocenters. The third kappa shape index (κ3) is 3.22. The van der Waals surface area contributed by atoms with Gasteiger partial charge < -0.3 is 0 Å². The van der Waals surface area contributed by atoms with Gasteiger partial charge in [0.15, 0.2) is 0 Å². The zero-order valence-corrected chi connectivity index (χ0v) is 10.6. The van der Waals surface area contributed by atoms with E-state index in [1.807, 2.05) is 26.0 Å². The number of halogens is 2. The summed E-state index contributed by atoms with van der Waals surface area (Å²) in [6.07, 6.45) is 0.505. The number of carbonyl (C=O) groups is 1. The highest BCUT2D eigenvalue weighted by Crippen LogP contribution is 2.32. The SMILES string of the molecule is CC(=O)CC(C)(C)c1ccc(Cl)c(Cl)c1. The van der Waals surface area contributed by atoms with Gasteiger partial charge in [-0.05, 0) is 30.0 Å². The minimum absolute atomic E-state index is 0.172. The number of benzene rings is 1. The second-order valence-electron chi connectivity index (χ2n) is 4.39. The first-order chi connectivity index (χ1) is 6.83. The minimum Gasteiger partial charge on any atom is -0.300 e. The molecule has 0 N–H and O–H groups in total. The number of hydrogen-bond acceptors (Lipinski definition) is 1. The third-order valence-corrected chi connectivity index (χ3v) is 3.13. The summed E-state index contributed by atoms with van der Waals surface area (Å²) in [5, 5.41) is 1.07. The van der Waals surface area contributed by atoms with Crippen molar-refractivity contribution in [2.24, 2.45) is 0 Å². The molecule has 1 aromatic carbocycles. The van der Waals surface area contributed by atoms with Crippen molar-refractivity contribution in [1.82, 2.24) is 0 Å². The van der Waals surface area contributed by atoms with E-state index in [9.17, 15) is 4.79 Å². The topological polar surface area (TPSA) is 17.1 Å². The predicted octanol–water partition coefficient (Wildman–Crippen LogP) is 4.25. The minimum atomic E-state index is -0.194. The summed E-state index contributed by atoms with van der Waals surface area (Å²) in [4.78, 5) is 11.1. The van der Waals surface area contributed by atoms with Crippen LogP contribution >= 0.6 is 23.2 Å². The number of Topliss-reactive ketones (excluding diaryl/α,β-unsaturated/α-hetero) is 1. The fourth-order valence-corrected chi connectivity index (χ4v) is 1.94. The quantitative estimate of drug-likeness (QED) is 0.777. The molecule has 0 aromatic heterocycles. The Labute approximate surface area is 100 Å². The number of rotatable bonds is 3. The molecule has 0 aliphatic carbocycles. The van der Waals surface area contributed by atoms with Gasteiger partial charge in [-0.3, -0.25) is 4.79 Å². The zero-order valence-electron chi connectivity index (χ0n) is 9.10. The van der Waals surface area contributed by atoms with Crippen molar-refractivity contribution in [3.8, 4) is 0 Å². The molecule has 15 heavy (non-hydrogen) atoms. The molecule has 0 fully saturated rings. The van der Waals surface area contributed by atoms with E-state index in [-0.39, 0.29) is 11.2 Å². The summed E-state index contributed by atoms with van der Waals surface area (Å²) in [5.41, 5.74) is 0.840. The molecule has 1 rings (SSSR count). The average Bonchev–Trinajstić information content (AvgIpc) is 2.07. The predicted molar refractivity (Wildman–Crippen MR) is 64.8 cm³/mol. The third-order valence-electron chi connectivity index (χ3n) is 2.39. The van der Waals surface area contributed by atoms with E-state index in [1.54, 1.807) is 13.0 Å². The highest BCUT2D eigenvalue weighted by molar-refractivity contribution is 6.42. The zero-order chi connectivity index (χ0) is 11.6. The van der Waals surface area contributed by atoms with Crippen LogP contribution in [-0.4, -0.2) is 5.78 Å². The Morgan fingerprint density at radius 3 is 2.33 bits per heavy atom. The molecule has 0 radical (unpaired) electrons. The molecule has 0 heterocycles. The molecule has 1 nitrogen and oxygen atoms in total. The second kappa shape index (κ2) is 4.54. The van der Waals surface area contributed by atoms with Crippen LogP contribution < -0.4 is 0 Å². The molecular weight excluding hydrogens is 231 g/mol. The van der Waals surface area contributed by atoms with Crippen LogP contribution in [0.25, 0.3) is 0 Å². The Hall–Kier alpha value is -0.530.